The summed E-state index contributed by atoms with van der Waals surface area (Å²) < 4.78 is 0. The highest BCUT2D eigenvalue weighted by Crippen LogP contribution is 2.27. The molecule has 1 aromatic carbocycles. The monoisotopic (exact) mass is 232 g/mol. The van der Waals surface area contributed by atoms with Crippen molar-refractivity contribution < 1.29 is 9.90 Å². The molecular weight excluding hydrogens is 212 g/mol. The van der Waals surface area contributed by atoms with Crippen LogP contribution in [0.2, 0.25) is 0 Å². The van der Waals surface area contributed by atoms with E-state index in [1.807, 2.05) is 57.2 Å². The summed E-state index contributed by atoms with van der Waals surface area (Å²) in [6, 6.07) is 9.83. The SMILES string of the molecule is CC(C)=CC[C@H](C(=O)O)[C@H](C)c1ccccc1. The molecule has 0 heterocycles. The molecule has 0 spiro atoms. The first kappa shape index (κ1) is 13.5. The van der Waals surface area contributed by atoms with E-state index in [0.29, 0.717) is 6.42 Å². The van der Waals surface area contributed by atoms with Crippen LogP contribution < -0.4 is 0 Å². The number of aliphatic carboxylic acids is 1. The van der Waals surface area contributed by atoms with Gasteiger partial charge < -0.3 is 5.11 Å². The Balaban J connectivity index is 2.85. The molecule has 0 bridgehead atoms. The first-order valence-electron chi connectivity index (χ1n) is 5.93. The fourth-order valence-electron chi connectivity index (χ4n) is 1.87. The molecule has 0 aliphatic heterocycles. The fourth-order valence-corrected chi connectivity index (χ4v) is 1.87. The van der Waals surface area contributed by atoms with Crippen LogP contribution in [-0.2, 0) is 4.79 Å². The second-order valence-electron chi connectivity index (χ2n) is 4.66. The summed E-state index contributed by atoms with van der Waals surface area (Å²) in [5, 5.41) is 9.29. The number of benzene rings is 1. The van der Waals surface area contributed by atoms with Gasteiger partial charge in [0, 0.05) is 0 Å². The van der Waals surface area contributed by atoms with Crippen molar-refractivity contribution in [2.24, 2.45) is 5.92 Å². The van der Waals surface area contributed by atoms with Crippen molar-refractivity contribution in [2.45, 2.75) is 33.1 Å². The van der Waals surface area contributed by atoms with E-state index in [9.17, 15) is 9.90 Å². The molecule has 0 aromatic heterocycles. The Morgan fingerprint density at radius 3 is 2.35 bits per heavy atom. The lowest BCUT2D eigenvalue weighted by Gasteiger charge is -2.19. The molecule has 0 amide bonds. The quantitative estimate of drug-likeness (QED) is 0.783. The minimum atomic E-state index is -0.723. The minimum Gasteiger partial charge on any atom is -0.481 e. The number of hydrogen-bond donors (Lipinski definition) is 1. The summed E-state index contributed by atoms with van der Waals surface area (Å²) in [6.45, 7) is 5.96. The normalized spacial score (nSPS) is 13.8. The first-order valence-corrected chi connectivity index (χ1v) is 5.93. The van der Waals surface area contributed by atoms with Crippen molar-refractivity contribution in [1.29, 1.82) is 0 Å². The van der Waals surface area contributed by atoms with Crippen LogP contribution in [-0.4, -0.2) is 11.1 Å². The zero-order valence-corrected chi connectivity index (χ0v) is 10.7. The molecule has 0 saturated heterocycles. The molecule has 1 rings (SSSR count). The van der Waals surface area contributed by atoms with Gasteiger partial charge in [0.1, 0.15) is 0 Å². The molecule has 0 radical (unpaired) electrons. The predicted octanol–water partition coefficient (Wildman–Crippen LogP) is 3.85. The van der Waals surface area contributed by atoms with Crippen molar-refractivity contribution in [3.63, 3.8) is 0 Å². The summed E-state index contributed by atoms with van der Waals surface area (Å²) in [7, 11) is 0. The molecule has 0 aliphatic rings. The summed E-state index contributed by atoms with van der Waals surface area (Å²) in [5.74, 6) is -1.05. The first-order chi connectivity index (χ1) is 8.02. The van der Waals surface area contributed by atoms with Crippen molar-refractivity contribution in [1.82, 2.24) is 0 Å². The number of allylic oxidation sites excluding steroid dienone is 2. The Kier molecular flexibility index (Phi) is 4.95. The molecule has 1 aromatic rings. The van der Waals surface area contributed by atoms with Crippen LogP contribution in [0.25, 0.3) is 0 Å². The molecular formula is C15H20O2. The smallest absolute Gasteiger partial charge is 0.307 e. The number of carboxylic acids is 1. The van der Waals surface area contributed by atoms with Crippen LogP contribution in [0.4, 0.5) is 0 Å². The van der Waals surface area contributed by atoms with Gasteiger partial charge in [0.05, 0.1) is 5.92 Å². The van der Waals surface area contributed by atoms with Crippen LogP contribution in [0.15, 0.2) is 42.0 Å². The van der Waals surface area contributed by atoms with Gasteiger partial charge in [0.15, 0.2) is 0 Å². The Morgan fingerprint density at radius 2 is 1.88 bits per heavy atom. The maximum Gasteiger partial charge on any atom is 0.307 e. The third-order valence-corrected chi connectivity index (χ3v) is 3.03. The second-order valence-corrected chi connectivity index (χ2v) is 4.66. The Morgan fingerprint density at radius 1 is 1.29 bits per heavy atom. The number of hydrogen-bond acceptors (Lipinski definition) is 1. The predicted molar refractivity (Wildman–Crippen MR) is 70.0 cm³/mol. The highest BCUT2D eigenvalue weighted by Gasteiger charge is 2.24. The van der Waals surface area contributed by atoms with Crippen molar-refractivity contribution in [2.75, 3.05) is 0 Å². The van der Waals surface area contributed by atoms with E-state index in [-0.39, 0.29) is 11.8 Å². The van der Waals surface area contributed by atoms with Crippen LogP contribution in [0.3, 0.4) is 0 Å². The zero-order chi connectivity index (χ0) is 12.8. The fraction of sp³-hybridized carbons (Fsp3) is 0.400. The van der Waals surface area contributed by atoms with E-state index in [4.69, 9.17) is 0 Å². The molecule has 1 N–H and O–H groups in total. The summed E-state index contributed by atoms with van der Waals surface area (Å²) in [5.41, 5.74) is 2.25. The Bertz CT molecular complexity index is 389. The number of rotatable bonds is 5. The Hall–Kier alpha value is -1.57. The maximum absolute atomic E-state index is 11.3. The van der Waals surface area contributed by atoms with Crippen LogP contribution >= 0.6 is 0 Å². The van der Waals surface area contributed by atoms with Gasteiger partial charge in [-0.3, -0.25) is 4.79 Å². The second kappa shape index (κ2) is 6.24. The van der Waals surface area contributed by atoms with Crippen molar-refractivity contribution in [3.8, 4) is 0 Å². The van der Waals surface area contributed by atoms with E-state index in [2.05, 4.69) is 0 Å². The highest BCUT2D eigenvalue weighted by molar-refractivity contribution is 5.71. The van der Waals surface area contributed by atoms with Gasteiger partial charge in [0.25, 0.3) is 0 Å². The molecule has 0 aliphatic carbocycles. The number of carboxylic acid groups (broad SMARTS) is 1. The van der Waals surface area contributed by atoms with E-state index >= 15 is 0 Å². The van der Waals surface area contributed by atoms with Crippen LogP contribution in [0, 0.1) is 5.92 Å². The third kappa shape index (κ3) is 4.06. The lowest BCUT2D eigenvalue weighted by molar-refractivity contribution is -0.142. The zero-order valence-electron chi connectivity index (χ0n) is 10.7. The lowest BCUT2D eigenvalue weighted by atomic mass is 9.85. The molecule has 2 atom stereocenters. The largest absolute Gasteiger partial charge is 0.481 e. The van der Waals surface area contributed by atoms with Crippen molar-refractivity contribution in [3.05, 3.63) is 47.5 Å². The van der Waals surface area contributed by atoms with Crippen molar-refractivity contribution >= 4 is 5.97 Å². The molecule has 0 saturated carbocycles. The summed E-state index contributed by atoms with van der Waals surface area (Å²) in [6.07, 6.45) is 2.59. The van der Waals surface area contributed by atoms with Gasteiger partial charge in [-0.15, -0.1) is 0 Å². The molecule has 17 heavy (non-hydrogen) atoms. The van der Waals surface area contributed by atoms with E-state index in [1.165, 1.54) is 0 Å². The Labute approximate surface area is 103 Å². The van der Waals surface area contributed by atoms with Gasteiger partial charge in [-0.1, -0.05) is 48.9 Å². The molecule has 2 heteroatoms. The van der Waals surface area contributed by atoms with E-state index < -0.39 is 5.97 Å². The highest BCUT2D eigenvalue weighted by atomic mass is 16.4. The minimum absolute atomic E-state index is 0.0318. The molecule has 0 fully saturated rings. The standard InChI is InChI=1S/C15H20O2/c1-11(2)9-10-14(15(16)17)12(3)13-7-5-4-6-8-13/h4-9,12,14H,10H2,1-3H3,(H,16,17)/t12-,14+/m1/s1. The van der Waals surface area contributed by atoms with Gasteiger partial charge in [0.2, 0.25) is 0 Å². The molecule has 92 valence electrons. The molecule has 2 nitrogen and oxygen atoms in total. The average molecular weight is 232 g/mol. The topological polar surface area (TPSA) is 37.3 Å². The third-order valence-electron chi connectivity index (χ3n) is 3.03. The van der Waals surface area contributed by atoms with E-state index in [1.54, 1.807) is 0 Å². The van der Waals surface area contributed by atoms with Gasteiger partial charge in [-0.25, -0.2) is 0 Å². The molecule has 0 unspecified atom stereocenters. The summed E-state index contributed by atoms with van der Waals surface area (Å²) in [4.78, 5) is 11.3. The van der Waals surface area contributed by atoms with Gasteiger partial charge >= 0.3 is 5.97 Å². The van der Waals surface area contributed by atoms with E-state index in [0.717, 1.165) is 11.1 Å². The lowest BCUT2D eigenvalue weighted by Crippen LogP contribution is -2.19. The maximum atomic E-state index is 11.3. The number of carbonyl (C=O) groups is 1. The summed E-state index contributed by atoms with van der Waals surface area (Å²) >= 11 is 0. The van der Waals surface area contributed by atoms with Crippen LogP contribution in [0.5, 0.6) is 0 Å². The van der Waals surface area contributed by atoms with Crippen LogP contribution in [0.1, 0.15) is 38.7 Å². The van der Waals surface area contributed by atoms with Gasteiger partial charge in [-0.05, 0) is 31.7 Å². The van der Waals surface area contributed by atoms with Gasteiger partial charge in [-0.2, -0.15) is 0 Å². The average Bonchev–Trinajstić information content (AvgIpc) is 2.29.